The average Bonchev–Trinajstić information content (AvgIpc) is 3.77. The maximum atomic E-state index is 16.8. The molecule has 0 heterocycles. The summed E-state index contributed by atoms with van der Waals surface area (Å²) in [5.74, 6) is -3.53. The molecule has 0 bridgehead atoms. The van der Waals surface area contributed by atoms with E-state index in [0.29, 0.717) is 20.6 Å². The Hall–Kier alpha value is -4.39. The van der Waals surface area contributed by atoms with Crippen LogP contribution in [0.5, 0.6) is 0 Å². The molecule has 0 saturated carbocycles. The molecule has 2 aliphatic rings. The fourth-order valence-electron chi connectivity index (χ4n) is 5.76. The van der Waals surface area contributed by atoms with E-state index in [4.69, 9.17) is 0 Å². The van der Waals surface area contributed by atoms with Crippen LogP contribution in [0.25, 0.3) is 0 Å². The Morgan fingerprint density at radius 2 is 0.953 bits per heavy atom. The number of allylic oxidation sites excluding steroid dienone is 8. The fraction of sp³-hybridized carbons (Fsp3) is 0.0556. The Morgan fingerprint density at radius 1 is 0.535 bits per heavy atom. The molecule has 7 heteroatoms. The first kappa shape index (κ1) is 28.7. The first-order valence-corrected chi connectivity index (χ1v) is 17.0. The Morgan fingerprint density at radius 3 is 1.33 bits per heavy atom. The van der Waals surface area contributed by atoms with E-state index < -0.39 is 39.9 Å². The van der Waals surface area contributed by atoms with Crippen molar-refractivity contribution < 1.29 is 34.2 Å². The topological polar surface area (TPSA) is 24.7 Å². The number of hydrogen-bond acceptors (Lipinski definition) is 2. The summed E-state index contributed by atoms with van der Waals surface area (Å²) in [5.41, 5.74) is 1.25. The number of nitrogens with zero attached hydrogens (tertiary/aromatic N) is 2. The second kappa shape index (κ2) is 12.5. The van der Waals surface area contributed by atoms with E-state index in [1.807, 2.05) is 72.8 Å². The van der Waals surface area contributed by atoms with Gasteiger partial charge >= 0.3 is 252 Å². The van der Waals surface area contributed by atoms with Gasteiger partial charge in [0.15, 0.2) is 0 Å². The van der Waals surface area contributed by atoms with E-state index in [9.17, 15) is 0 Å². The molecule has 4 aromatic carbocycles. The average molecular weight is 610 g/mol. The number of benzene rings is 4. The van der Waals surface area contributed by atoms with Crippen LogP contribution in [0.4, 0.5) is 28.9 Å². The molecule has 2 aliphatic carbocycles. The molecule has 0 amide bonds. The van der Waals surface area contributed by atoms with Crippen molar-refractivity contribution >= 4 is 31.5 Å². The third-order valence-corrected chi connectivity index (χ3v) is 15.6. The molecule has 212 valence electrons. The summed E-state index contributed by atoms with van der Waals surface area (Å²) in [4.78, 5) is 8.69. The molecule has 43 heavy (non-hydrogen) atoms. The molecular formula is C36H26F4N2Ti. The second-order valence-electron chi connectivity index (χ2n) is 10.2. The fourth-order valence-corrected chi connectivity index (χ4v) is 14.0. The van der Waals surface area contributed by atoms with Crippen LogP contribution in [0.15, 0.2) is 139 Å². The SMILES string of the molecule is Fc1ccc(N=Cc2ccccc2)c(F)[c]1[Ti]([C]1=CC=CC1)([C]1=CC=CC1)[c]1c(F)ccc(N=Cc2ccccc2)c1F. The summed E-state index contributed by atoms with van der Waals surface area (Å²) in [6, 6.07) is 23.1. The van der Waals surface area contributed by atoms with Crippen LogP contribution in [0.2, 0.25) is 0 Å². The van der Waals surface area contributed by atoms with E-state index in [-0.39, 0.29) is 19.1 Å². The molecule has 0 atom stereocenters. The van der Waals surface area contributed by atoms with Gasteiger partial charge in [0.05, 0.1) is 0 Å². The number of halogens is 4. The van der Waals surface area contributed by atoms with Crippen LogP contribution >= 0.6 is 0 Å². The van der Waals surface area contributed by atoms with Crippen molar-refractivity contribution in [2.24, 2.45) is 9.98 Å². The molecule has 0 spiro atoms. The summed E-state index contributed by atoms with van der Waals surface area (Å²) in [5, 5.41) is 0. The van der Waals surface area contributed by atoms with Crippen LogP contribution in [0.3, 0.4) is 0 Å². The van der Waals surface area contributed by atoms with Crippen LogP contribution < -0.4 is 7.74 Å². The summed E-state index contributed by atoms with van der Waals surface area (Å²) < 4.78 is 66.6. The first-order chi connectivity index (χ1) is 21.0. The molecule has 2 nitrogen and oxygen atoms in total. The molecule has 0 unspecified atom stereocenters. The quantitative estimate of drug-likeness (QED) is 0.109. The van der Waals surface area contributed by atoms with Crippen molar-refractivity contribution in [1.82, 2.24) is 0 Å². The molecule has 0 saturated heterocycles. The summed E-state index contributed by atoms with van der Waals surface area (Å²) in [6.07, 6.45) is 14.4. The van der Waals surface area contributed by atoms with Gasteiger partial charge in [-0.05, 0) is 0 Å². The van der Waals surface area contributed by atoms with Crippen molar-refractivity contribution in [3.63, 3.8) is 0 Å². The van der Waals surface area contributed by atoms with Crippen molar-refractivity contribution in [2.75, 3.05) is 0 Å². The Bertz CT molecular complexity index is 1720. The maximum absolute atomic E-state index is 16.8. The zero-order valence-electron chi connectivity index (χ0n) is 23.0. The first-order valence-electron chi connectivity index (χ1n) is 13.9. The van der Waals surface area contributed by atoms with Gasteiger partial charge in [-0.1, -0.05) is 0 Å². The minimum atomic E-state index is -4.97. The third-order valence-electron chi connectivity index (χ3n) is 7.70. The minimum absolute atomic E-state index is 0.104. The molecule has 0 fully saturated rings. The standard InChI is InChI=1S/2C13H8F2N.2C5H5.Ti/c2*14-11-6-7-13(12(15)8-11)16-9-10-4-2-1-3-5-10;2*1-2-4-5-3-1;/h2*1-7,9H;2*1-3H,4H2;. The Balaban J connectivity index is 1.62. The van der Waals surface area contributed by atoms with E-state index in [1.165, 1.54) is 24.6 Å². The zero-order chi connectivity index (χ0) is 29.8. The Kier molecular flexibility index (Phi) is 8.32. The second-order valence-corrected chi connectivity index (χ2v) is 16.2. The molecule has 0 aliphatic heterocycles. The van der Waals surface area contributed by atoms with Crippen LogP contribution in [-0.2, 0) is 16.6 Å². The van der Waals surface area contributed by atoms with Crippen molar-refractivity contribution in [3.8, 4) is 0 Å². The van der Waals surface area contributed by atoms with Gasteiger partial charge in [0.1, 0.15) is 0 Å². The van der Waals surface area contributed by atoms with Crippen LogP contribution in [0.1, 0.15) is 24.0 Å². The van der Waals surface area contributed by atoms with Gasteiger partial charge < -0.3 is 0 Å². The number of hydrogen-bond donors (Lipinski definition) is 0. The summed E-state index contributed by atoms with van der Waals surface area (Å²) in [6.45, 7) is 0. The summed E-state index contributed by atoms with van der Waals surface area (Å²) in [7, 11) is 0. The van der Waals surface area contributed by atoms with Crippen molar-refractivity contribution in [2.45, 2.75) is 12.8 Å². The Labute approximate surface area is 251 Å². The molecule has 0 N–H and O–H groups in total. The van der Waals surface area contributed by atoms with E-state index in [0.717, 1.165) is 23.3 Å². The van der Waals surface area contributed by atoms with Gasteiger partial charge in [0, 0.05) is 0 Å². The predicted molar refractivity (Wildman–Crippen MR) is 163 cm³/mol. The number of rotatable bonds is 8. The monoisotopic (exact) mass is 610 g/mol. The third kappa shape index (κ3) is 5.44. The van der Waals surface area contributed by atoms with Crippen LogP contribution in [0, 0.1) is 23.3 Å². The van der Waals surface area contributed by atoms with E-state index in [2.05, 4.69) is 9.98 Å². The van der Waals surface area contributed by atoms with Gasteiger partial charge in [-0.3, -0.25) is 0 Å². The van der Waals surface area contributed by atoms with Gasteiger partial charge in [-0.25, -0.2) is 0 Å². The molecule has 0 radical (unpaired) electrons. The van der Waals surface area contributed by atoms with Gasteiger partial charge in [-0.2, -0.15) is 0 Å². The molecular weight excluding hydrogens is 584 g/mol. The normalized spacial score (nSPS) is 14.7. The van der Waals surface area contributed by atoms with Gasteiger partial charge in [0.25, 0.3) is 0 Å². The zero-order valence-corrected chi connectivity index (χ0v) is 24.6. The predicted octanol–water partition coefficient (Wildman–Crippen LogP) is 8.54. The van der Waals surface area contributed by atoms with E-state index >= 15 is 17.6 Å². The van der Waals surface area contributed by atoms with Crippen LogP contribution in [-0.4, -0.2) is 12.4 Å². The van der Waals surface area contributed by atoms with Crippen molar-refractivity contribution in [1.29, 1.82) is 0 Å². The molecule has 6 rings (SSSR count). The van der Waals surface area contributed by atoms with Gasteiger partial charge in [-0.15, -0.1) is 0 Å². The van der Waals surface area contributed by atoms with Gasteiger partial charge in [0.2, 0.25) is 0 Å². The van der Waals surface area contributed by atoms with Crippen molar-refractivity contribution in [3.05, 3.63) is 164 Å². The summed E-state index contributed by atoms with van der Waals surface area (Å²) >= 11 is -4.97. The molecule has 0 aromatic heterocycles. The van der Waals surface area contributed by atoms with E-state index in [1.54, 1.807) is 24.3 Å². The number of aliphatic imine (C=N–C) groups is 2. The molecule has 4 aromatic rings.